The van der Waals surface area contributed by atoms with Crippen molar-refractivity contribution in [1.29, 1.82) is 0 Å². The minimum atomic E-state index is -1.07. The molecular weight excluding hydrogens is 232 g/mol. The molecule has 5 nitrogen and oxygen atoms in total. The second-order valence-electron chi connectivity index (χ2n) is 4.98. The average molecular weight is 246 g/mol. The molecule has 1 amide bonds. The van der Waals surface area contributed by atoms with Crippen LogP contribution in [0.25, 0.3) is 0 Å². The molecule has 2 fully saturated rings. The Morgan fingerprint density at radius 3 is 2.72 bits per heavy atom. The lowest BCUT2D eigenvalue weighted by Crippen LogP contribution is -2.19. The molecule has 18 heavy (non-hydrogen) atoms. The number of anilines is 1. The van der Waals surface area contributed by atoms with E-state index in [1.807, 2.05) is 0 Å². The zero-order chi connectivity index (χ0) is 12.7. The zero-order valence-corrected chi connectivity index (χ0v) is 9.80. The lowest BCUT2D eigenvalue weighted by molar-refractivity contribution is -0.118. The van der Waals surface area contributed by atoms with Gasteiger partial charge in [0.15, 0.2) is 0 Å². The molecular formula is C13H14N2O3. The summed E-state index contributed by atoms with van der Waals surface area (Å²) in [5.74, 6) is 0.103. The van der Waals surface area contributed by atoms with Gasteiger partial charge in [0.05, 0.1) is 0 Å². The van der Waals surface area contributed by atoms with Crippen LogP contribution in [0.1, 0.15) is 29.6 Å². The molecule has 1 aromatic heterocycles. The molecule has 2 N–H and O–H groups in total. The number of hydrogen-bond donors (Lipinski definition) is 2. The van der Waals surface area contributed by atoms with Crippen molar-refractivity contribution in [3.8, 4) is 0 Å². The van der Waals surface area contributed by atoms with Crippen LogP contribution in [-0.4, -0.2) is 22.0 Å². The third-order valence-corrected chi connectivity index (χ3v) is 3.99. The van der Waals surface area contributed by atoms with E-state index in [-0.39, 0.29) is 23.2 Å². The van der Waals surface area contributed by atoms with Crippen LogP contribution < -0.4 is 5.32 Å². The molecule has 0 aromatic carbocycles. The van der Waals surface area contributed by atoms with Crippen molar-refractivity contribution in [1.82, 2.24) is 4.98 Å². The first kappa shape index (κ1) is 11.2. The summed E-state index contributed by atoms with van der Waals surface area (Å²) >= 11 is 0. The van der Waals surface area contributed by atoms with Crippen LogP contribution in [0.4, 0.5) is 5.82 Å². The number of aromatic nitrogens is 1. The van der Waals surface area contributed by atoms with Crippen molar-refractivity contribution in [3.63, 3.8) is 0 Å². The predicted molar refractivity (Wildman–Crippen MR) is 64.1 cm³/mol. The number of fused-ring (bicyclic) bond motifs is 1. The molecule has 2 unspecified atom stereocenters. The smallest absolute Gasteiger partial charge is 0.339 e. The SMILES string of the molecule is O=C(O)c1cccnc1NC(=O)C1C2CCCC21. The van der Waals surface area contributed by atoms with Crippen molar-refractivity contribution < 1.29 is 14.7 Å². The van der Waals surface area contributed by atoms with Gasteiger partial charge in [-0.3, -0.25) is 4.79 Å². The van der Waals surface area contributed by atoms with E-state index in [1.54, 1.807) is 6.07 Å². The second-order valence-corrected chi connectivity index (χ2v) is 4.98. The molecule has 0 bridgehead atoms. The van der Waals surface area contributed by atoms with Gasteiger partial charge in [0.1, 0.15) is 11.4 Å². The van der Waals surface area contributed by atoms with Gasteiger partial charge in [0.2, 0.25) is 5.91 Å². The molecule has 0 aliphatic heterocycles. The van der Waals surface area contributed by atoms with Gasteiger partial charge < -0.3 is 10.4 Å². The summed E-state index contributed by atoms with van der Waals surface area (Å²) in [5.41, 5.74) is 0.0386. The van der Waals surface area contributed by atoms with Gasteiger partial charge in [0.25, 0.3) is 0 Å². The minimum absolute atomic E-state index is 0.0386. The van der Waals surface area contributed by atoms with Crippen LogP contribution in [0, 0.1) is 17.8 Å². The maximum absolute atomic E-state index is 12.0. The van der Waals surface area contributed by atoms with E-state index in [0.29, 0.717) is 11.8 Å². The first-order valence-corrected chi connectivity index (χ1v) is 6.17. The number of rotatable bonds is 3. The van der Waals surface area contributed by atoms with E-state index in [1.165, 1.54) is 18.7 Å². The lowest BCUT2D eigenvalue weighted by atomic mass is 10.1. The number of hydrogen-bond acceptors (Lipinski definition) is 3. The van der Waals surface area contributed by atoms with Crippen LogP contribution in [0.3, 0.4) is 0 Å². The maximum atomic E-state index is 12.0. The molecule has 2 saturated carbocycles. The van der Waals surface area contributed by atoms with Crippen molar-refractivity contribution >= 4 is 17.7 Å². The largest absolute Gasteiger partial charge is 0.478 e. The Labute approximate surface area is 104 Å². The molecule has 5 heteroatoms. The first-order valence-electron chi connectivity index (χ1n) is 6.17. The number of nitrogens with zero attached hydrogens (tertiary/aromatic N) is 1. The number of pyridine rings is 1. The average Bonchev–Trinajstić information content (AvgIpc) is 2.84. The topological polar surface area (TPSA) is 79.3 Å². The summed E-state index contributed by atoms with van der Waals surface area (Å²) in [6.07, 6.45) is 4.94. The van der Waals surface area contributed by atoms with Gasteiger partial charge in [-0.1, -0.05) is 6.42 Å². The molecule has 2 aliphatic carbocycles. The maximum Gasteiger partial charge on any atom is 0.339 e. The van der Waals surface area contributed by atoms with Crippen molar-refractivity contribution in [3.05, 3.63) is 23.9 Å². The molecule has 3 rings (SSSR count). The molecule has 1 aromatic rings. The summed E-state index contributed by atoms with van der Waals surface area (Å²) in [7, 11) is 0. The van der Waals surface area contributed by atoms with Crippen LogP contribution in [-0.2, 0) is 4.79 Å². The highest BCUT2D eigenvalue weighted by Gasteiger charge is 2.56. The lowest BCUT2D eigenvalue weighted by Gasteiger charge is -2.07. The summed E-state index contributed by atoms with van der Waals surface area (Å²) in [5, 5.41) is 11.7. The minimum Gasteiger partial charge on any atom is -0.478 e. The second kappa shape index (κ2) is 4.08. The quantitative estimate of drug-likeness (QED) is 0.851. The van der Waals surface area contributed by atoms with E-state index in [4.69, 9.17) is 5.11 Å². The van der Waals surface area contributed by atoms with Gasteiger partial charge in [0, 0.05) is 12.1 Å². The number of nitrogens with one attached hydrogen (secondary N) is 1. The normalized spacial score (nSPS) is 28.6. The van der Waals surface area contributed by atoms with Gasteiger partial charge in [-0.25, -0.2) is 9.78 Å². The number of carboxylic acids is 1. The van der Waals surface area contributed by atoms with Gasteiger partial charge in [-0.2, -0.15) is 0 Å². The fourth-order valence-electron chi connectivity index (χ4n) is 3.09. The Kier molecular flexibility index (Phi) is 2.54. The van der Waals surface area contributed by atoms with E-state index in [2.05, 4.69) is 10.3 Å². The summed E-state index contributed by atoms with van der Waals surface area (Å²) in [6.45, 7) is 0. The van der Waals surface area contributed by atoms with Crippen molar-refractivity contribution in [2.45, 2.75) is 19.3 Å². The Morgan fingerprint density at radius 2 is 2.06 bits per heavy atom. The highest BCUT2D eigenvalue weighted by molar-refractivity contribution is 6.00. The Morgan fingerprint density at radius 1 is 1.33 bits per heavy atom. The Balaban J connectivity index is 1.73. The summed E-state index contributed by atoms with van der Waals surface area (Å²) < 4.78 is 0. The van der Waals surface area contributed by atoms with Crippen LogP contribution in [0.5, 0.6) is 0 Å². The first-order chi connectivity index (χ1) is 8.68. The zero-order valence-electron chi connectivity index (χ0n) is 9.80. The number of carbonyl (C=O) groups is 2. The monoisotopic (exact) mass is 246 g/mol. The summed E-state index contributed by atoms with van der Waals surface area (Å²) in [6, 6.07) is 2.99. The van der Waals surface area contributed by atoms with Gasteiger partial charge in [-0.15, -0.1) is 0 Å². The van der Waals surface area contributed by atoms with Crippen LogP contribution in [0.2, 0.25) is 0 Å². The van der Waals surface area contributed by atoms with E-state index >= 15 is 0 Å². The Hall–Kier alpha value is -1.91. The van der Waals surface area contributed by atoms with Crippen LogP contribution >= 0.6 is 0 Å². The highest BCUT2D eigenvalue weighted by Crippen LogP contribution is 2.57. The van der Waals surface area contributed by atoms with Crippen molar-refractivity contribution in [2.24, 2.45) is 17.8 Å². The molecule has 0 spiro atoms. The third kappa shape index (κ3) is 1.75. The molecule has 0 radical (unpaired) electrons. The molecule has 2 atom stereocenters. The summed E-state index contributed by atoms with van der Waals surface area (Å²) in [4.78, 5) is 26.9. The fraction of sp³-hybridized carbons (Fsp3) is 0.462. The molecule has 2 aliphatic rings. The van der Waals surface area contributed by atoms with E-state index < -0.39 is 5.97 Å². The Bertz CT molecular complexity index is 505. The number of aromatic carboxylic acids is 1. The highest BCUT2D eigenvalue weighted by atomic mass is 16.4. The fourth-order valence-corrected chi connectivity index (χ4v) is 3.09. The third-order valence-electron chi connectivity index (χ3n) is 3.99. The number of carbonyl (C=O) groups excluding carboxylic acids is 1. The number of carboxylic acid groups (broad SMARTS) is 1. The van der Waals surface area contributed by atoms with E-state index in [9.17, 15) is 9.59 Å². The van der Waals surface area contributed by atoms with Crippen molar-refractivity contribution in [2.75, 3.05) is 5.32 Å². The van der Waals surface area contributed by atoms with E-state index in [0.717, 1.165) is 12.8 Å². The van der Waals surface area contributed by atoms with Crippen LogP contribution in [0.15, 0.2) is 18.3 Å². The van der Waals surface area contributed by atoms with Gasteiger partial charge >= 0.3 is 5.97 Å². The molecule has 94 valence electrons. The molecule has 0 saturated heterocycles. The predicted octanol–water partition coefficient (Wildman–Crippen LogP) is 1.76. The standard InChI is InChI=1S/C13H14N2O3/c16-12(10-7-3-1-4-8(7)10)15-11-9(13(17)18)5-2-6-14-11/h2,5-8,10H,1,3-4H2,(H,17,18)(H,14,15,16). The van der Waals surface area contributed by atoms with Gasteiger partial charge in [-0.05, 0) is 36.8 Å². The molecule has 1 heterocycles. The number of amides is 1.